The van der Waals surface area contributed by atoms with Crippen LogP contribution in [0.3, 0.4) is 0 Å². The van der Waals surface area contributed by atoms with Gasteiger partial charge in [-0.05, 0) is 19.9 Å². The van der Waals surface area contributed by atoms with E-state index in [1.807, 2.05) is 0 Å². The Kier molecular flexibility index (Phi) is 5.97. The molecule has 10 heavy (non-hydrogen) atoms. The molecule has 0 spiro atoms. The summed E-state index contributed by atoms with van der Waals surface area (Å²) in [6, 6.07) is 0. The Morgan fingerprint density at radius 3 is 2.80 bits per heavy atom. The van der Waals surface area contributed by atoms with E-state index in [1.165, 1.54) is 0 Å². The van der Waals surface area contributed by atoms with Crippen molar-refractivity contribution in [1.29, 1.82) is 0 Å². The highest BCUT2D eigenvalue weighted by molar-refractivity contribution is 9.11. The molecule has 0 aromatic rings. The third kappa shape index (κ3) is 8.14. The van der Waals surface area contributed by atoms with Crippen LogP contribution < -0.4 is 5.32 Å². The van der Waals surface area contributed by atoms with Crippen molar-refractivity contribution in [3.8, 4) is 0 Å². The standard InChI is InChI=1S/C7H14BrNO/c1-6(8)5-9-4-3-7(2)10/h7,9-10H,1,3-5H2,2H3. The lowest BCUT2D eigenvalue weighted by Crippen LogP contribution is -2.19. The fraction of sp³-hybridized carbons (Fsp3) is 0.714. The molecule has 0 aliphatic rings. The van der Waals surface area contributed by atoms with Gasteiger partial charge in [0.05, 0.1) is 6.10 Å². The Balaban J connectivity index is 2.98. The Morgan fingerprint density at radius 1 is 1.80 bits per heavy atom. The molecule has 0 rings (SSSR count). The van der Waals surface area contributed by atoms with E-state index in [2.05, 4.69) is 27.8 Å². The topological polar surface area (TPSA) is 32.3 Å². The quantitative estimate of drug-likeness (QED) is 0.666. The fourth-order valence-corrected chi connectivity index (χ4v) is 0.733. The lowest BCUT2D eigenvalue weighted by Gasteiger charge is -2.04. The van der Waals surface area contributed by atoms with Crippen LogP contribution in [0, 0.1) is 0 Å². The SMILES string of the molecule is C=C(Br)CNCCC(C)O. The number of rotatable bonds is 5. The summed E-state index contributed by atoms with van der Waals surface area (Å²) in [4.78, 5) is 0. The zero-order valence-electron chi connectivity index (χ0n) is 6.23. The number of halogens is 1. The van der Waals surface area contributed by atoms with Gasteiger partial charge in [0.2, 0.25) is 0 Å². The lowest BCUT2D eigenvalue weighted by atomic mass is 10.3. The second-order valence-electron chi connectivity index (χ2n) is 2.33. The summed E-state index contributed by atoms with van der Waals surface area (Å²) in [6.45, 7) is 7.05. The van der Waals surface area contributed by atoms with Gasteiger partial charge in [0.15, 0.2) is 0 Å². The summed E-state index contributed by atoms with van der Waals surface area (Å²) >= 11 is 3.22. The highest BCUT2D eigenvalue weighted by Gasteiger charge is 1.93. The average molecular weight is 208 g/mol. The van der Waals surface area contributed by atoms with Gasteiger partial charge in [-0.15, -0.1) is 0 Å². The molecule has 0 heterocycles. The molecular weight excluding hydrogens is 194 g/mol. The summed E-state index contributed by atoms with van der Waals surface area (Å²) < 4.78 is 0.943. The van der Waals surface area contributed by atoms with Crippen molar-refractivity contribution in [3.05, 3.63) is 11.1 Å². The van der Waals surface area contributed by atoms with E-state index in [-0.39, 0.29) is 6.10 Å². The maximum atomic E-state index is 8.84. The van der Waals surface area contributed by atoms with E-state index >= 15 is 0 Å². The van der Waals surface area contributed by atoms with Crippen molar-refractivity contribution >= 4 is 15.9 Å². The first-order valence-electron chi connectivity index (χ1n) is 3.35. The van der Waals surface area contributed by atoms with Crippen LogP contribution in [0.15, 0.2) is 11.1 Å². The largest absolute Gasteiger partial charge is 0.393 e. The van der Waals surface area contributed by atoms with E-state index < -0.39 is 0 Å². The van der Waals surface area contributed by atoms with Gasteiger partial charge in [-0.3, -0.25) is 0 Å². The molecule has 0 aliphatic carbocycles. The molecular formula is C7H14BrNO. The van der Waals surface area contributed by atoms with Gasteiger partial charge in [0.1, 0.15) is 0 Å². The predicted octanol–water partition coefficient (Wildman–Crippen LogP) is 1.26. The lowest BCUT2D eigenvalue weighted by molar-refractivity contribution is 0.184. The summed E-state index contributed by atoms with van der Waals surface area (Å²) in [6.07, 6.45) is 0.580. The first-order chi connectivity index (χ1) is 4.63. The van der Waals surface area contributed by atoms with Gasteiger partial charge in [-0.2, -0.15) is 0 Å². The average Bonchev–Trinajstić information content (AvgIpc) is 1.79. The zero-order valence-corrected chi connectivity index (χ0v) is 7.82. The van der Waals surface area contributed by atoms with Gasteiger partial charge >= 0.3 is 0 Å². The van der Waals surface area contributed by atoms with Gasteiger partial charge in [-0.1, -0.05) is 22.5 Å². The molecule has 0 aromatic heterocycles. The van der Waals surface area contributed by atoms with Crippen LogP contribution in [0.25, 0.3) is 0 Å². The van der Waals surface area contributed by atoms with Crippen LogP contribution in [0.2, 0.25) is 0 Å². The van der Waals surface area contributed by atoms with Gasteiger partial charge < -0.3 is 10.4 Å². The molecule has 2 N–H and O–H groups in total. The van der Waals surface area contributed by atoms with E-state index in [1.54, 1.807) is 6.92 Å². The number of hydrogen-bond acceptors (Lipinski definition) is 2. The number of aliphatic hydroxyl groups is 1. The van der Waals surface area contributed by atoms with Gasteiger partial charge in [0, 0.05) is 11.0 Å². The third-order valence-corrected chi connectivity index (χ3v) is 1.34. The molecule has 1 atom stereocenters. The van der Waals surface area contributed by atoms with Crippen molar-refractivity contribution in [3.63, 3.8) is 0 Å². The van der Waals surface area contributed by atoms with E-state index in [0.29, 0.717) is 0 Å². The Labute approximate surface area is 70.5 Å². The minimum absolute atomic E-state index is 0.212. The van der Waals surface area contributed by atoms with E-state index in [4.69, 9.17) is 5.11 Å². The van der Waals surface area contributed by atoms with Crippen LogP contribution >= 0.6 is 15.9 Å². The molecule has 0 fully saturated rings. The summed E-state index contributed by atoms with van der Waals surface area (Å²) in [5, 5.41) is 12.0. The van der Waals surface area contributed by atoms with Crippen LogP contribution in [0.5, 0.6) is 0 Å². The molecule has 0 amide bonds. The minimum atomic E-state index is -0.212. The second-order valence-corrected chi connectivity index (χ2v) is 3.45. The fourth-order valence-electron chi connectivity index (χ4n) is 0.535. The minimum Gasteiger partial charge on any atom is -0.393 e. The summed E-state index contributed by atoms with van der Waals surface area (Å²) in [7, 11) is 0. The Morgan fingerprint density at radius 2 is 2.40 bits per heavy atom. The van der Waals surface area contributed by atoms with Crippen LogP contribution in [0.1, 0.15) is 13.3 Å². The molecule has 0 aromatic carbocycles. The maximum Gasteiger partial charge on any atom is 0.0524 e. The number of nitrogens with one attached hydrogen (secondary N) is 1. The highest BCUT2D eigenvalue weighted by atomic mass is 79.9. The van der Waals surface area contributed by atoms with Crippen LogP contribution in [-0.2, 0) is 0 Å². The molecule has 0 aliphatic heterocycles. The molecule has 0 bridgehead atoms. The normalized spacial score (nSPS) is 13.1. The number of aliphatic hydroxyl groups excluding tert-OH is 1. The third-order valence-electron chi connectivity index (χ3n) is 1.06. The molecule has 3 heteroatoms. The van der Waals surface area contributed by atoms with Crippen LogP contribution in [-0.4, -0.2) is 24.3 Å². The predicted molar refractivity (Wildman–Crippen MR) is 47.2 cm³/mol. The molecule has 0 saturated heterocycles. The van der Waals surface area contributed by atoms with Crippen molar-refractivity contribution in [2.24, 2.45) is 0 Å². The first kappa shape index (κ1) is 10.1. The molecule has 2 nitrogen and oxygen atoms in total. The molecule has 1 unspecified atom stereocenters. The van der Waals surface area contributed by atoms with Gasteiger partial charge in [-0.25, -0.2) is 0 Å². The highest BCUT2D eigenvalue weighted by Crippen LogP contribution is 1.96. The van der Waals surface area contributed by atoms with Crippen molar-refractivity contribution in [1.82, 2.24) is 5.32 Å². The maximum absolute atomic E-state index is 8.84. The van der Waals surface area contributed by atoms with Gasteiger partial charge in [0.25, 0.3) is 0 Å². The van der Waals surface area contributed by atoms with E-state index in [0.717, 1.165) is 24.0 Å². The monoisotopic (exact) mass is 207 g/mol. The molecule has 0 saturated carbocycles. The zero-order chi connectivity index (χ0) is 7.98. The first-order valence-corrected chi connectivity index (χ1v) is 4.14. The van der Waals surface area contributed by atoms with Crippen molar-refractivity contribution in [2.45, 2.75) is 19.4 Å². The summed E-state index contributed by atoms with van der Waals surface area (Å²) in [5.74, 6) is 0. The summed E-state index contributed by atoms with van der Waals surface area (Å²) in [5.41, 5.74) is 0. The molecule has 60 valence electrons. The van der Waals surface area contributed by atoms with Crippen molar-refractivity contribution in [2.75, 3.05) is 13.1 Å². The second kappa shape index (κ2) is 5.89. The Bertz CT molecular complexity index is 104. The molecule has 0 radical (unpaired) electrons. The Hall–Kier alpha value is 0.140. The van der Waals surface area contributed by atoms with Crippen molar-refractivity contribution < 1.29 is 5.11 Å². The smallest absolute Gasteiger partial charge is 0.0524 e. The van der Waals surface area contributed by atoms with Crippen LogP contribution in [0.4, 0.5) is 0 Å². The van der Waals surface area contributed by atoms with E-state index in [9.17, 15) is 0 Å². The number of hydrogen-bond donors (Lipinski definition) is 2.